The fourth-order valence-electron chi connectivity index (χ4n) is 3.85. The summed E-state index contributed by atoms with van der Waals surface area (Å²) in [5.41, 5.74) is 8.81. The number of aromatic nitrogens is 2. The van der Waals surface area contributed by atoms with Crippen molar-refractivity contribution in [2.75, 3.05) is 5.32 Å². The average molecular weight is 426 g/mol. The number of hydrogen-bond donors (Lipinski definition) is 2. The third-order valence-electron chi connectivity index (χ3n) is 5.23. The van der Waals surface area contributed by atoms with Gasteiger partial charge in [-0.2, -0.15) is 0 Å². The van der Waals surface area contributed by atoms with Crippen LogP contribution in [0, 0.1) is 4.77 Å². The Morgan fingerprint density at radius 2 is 1.32 bits per heavy atom. The Kier molecular flexibility index (Phi) is 4.72. The van der Waals surface area contributed by atoms with Crippen LogP contribution in [-0.2, 0) is 0 Å². The highest BCUT2D eigenvalue weighted by molar-refractivity contribution is 7.71. The molecule has 0 bridgehead atoms. The predicted octanol–water partition coefficient (Wildman–Crippen LogP) is 4.19. The maximum atomic E-state index is 13.8. The molecule has 0 fully saturated rings. The quantitative estimate of drug-likeness (QED) is 0.483. The van der Waals surface area contributed by atoms with E-state index in [-0.39, 0.29) is 11.5 Å². The Morgan fingerprint density at radius 1 is 0.806 bits per heavy atom. The molecular formula is C24H19N5OS. The minimum absolute atomic E-state index is 0.226. The van der Waals surface area contributed by atoms with Crippen LogP contribution in [0.1, 0.15) is 17.2 Å². The van der Waals surface area contributed by atoms with Gasteiger partial charge in [0.15, 0.2) is 10.7 Å². The zero-order valence-electron chi connectivity index (χ0n) is 16.5. The summed E-state index contributed by atoms with van der Waals surface area (Å²) in [7, 11) is 0. The Balaban J connectivity index is 1.91. The summed E-state index contributed by atoms with van der Waals surface area (Å²) in [4.78, 5) is 18.4. The van der Waals surface area contributed by atoms with Crippen LogP contribution in [0.4, 0.5) is 5.82 Å². The molecule has 0 radical (unpaired) electrons. The van der Waals surface area contributed by atoms with E-state index in [1.54, 1.807) is 4.57 Å². The second-order valence-electron chi connectivity index (χ2n) is 7.14. The van der Waals surface area contributed by atoms with Crippen molar-refractivity contribution in [1.82, 2.24) is 9.13 Å². The Morgan fingerprint density at radius 3 is 1.90 bits per heavy atom. The van der Waals surface area contributed by atoms with Gasteiger partial charge in [-0.3, -0.25) is 13.9 Å². The van der Waals surface area contributed by atoms with Gasteiger partial charge in [-0.25, -0.2) is 4.99 Å². The van der Waals surface area contributed by atoms with Crippen LogP contribution in [0.2, 0.25) is 0 Å². The minimum Gasteiger partial charge on any atom is -0.370 e. The van der Waals surface area contributed by atoms with Crippen molar-refractivity contribution in [3.05, 3.63) is 117 Å². The first-order chi connectivity index (χ1) is 15.1. The number of benzene rings is 3. The maximum Gasteiger partial charge on any atom is 0.266 e. The molecule has 1 atom stereocenters. The van der Waals surface area contributed by atoms with Crippen LogP contribution < -0.4 is 16.6 Å². The molecule has 0 aliphatic carbocycles. The Labute approximate surface area is 183 Å². The third-order valence-corrected chi connectivity index (χ3v) is 5.59. The van der Waals surface area contributed by atoms with Gasteiger partial charge >= 0.3 is 0 Å². The maximum absolute atomic E-state index is 13.8. The summed E-state index contributed by atoms with van der Waals surface area (Å²) >= 11 is 5.83. The molecule has 31 heavy (non-hydrogen) atoms. The smallest absolute Gasteiger partial charge is 0.266 e. The molecule has 5 rings (SSSR count). The van der Waals surface area contributed by atoms with E-state index in [1.165, 1.54) is 0 Å². The highest BCUT2D eigenvalue weighted by atomic mass is 32.1. The van der Waals surface area contributed by atoms with Gasteiger partial charge in [0, 0.05) is 5.69 Å². The monoisotopic (exact) mass is 425 g/mol. The highest BCUT2D eigenvalue weighted by Gasteiger charge is 2.30. The van der Waals surface area contributed by atoms with Gasteiger partial charge in [0.1, 0.15) is 11.9 Å². The van der Waals surface area contributed by atoms with Crippen LogP contribution >= 0.6 is 12.2 Å². The zero-order valence-corrected chi connectivity index (χ0v) is 17.3. The summed E-state index contributed by atoms with van der Waals surface area (Å²) in [5, 5.41) is 3.10. The average Bonchev–Trinajstić information content (AvgIpc) is 2.80. The lowest BCUT2D eigenvalue weighted by Gasteiger charge is -2.28. The van der Waals surface area contributed by atoms with Crippen LogP contribution in [0.5, 0.6) is 0 Å². The van der Waals surface area contributed by atoms with E-state index in [2.05, 4.69) is 10.3 Å². The number of nitrogens with two attached hydrogens (primary N) is 1. The molecule has 0 saturated heterocycles. The van der Waals surface area contributed by atoms with Gasteiger partial charge in [-0.1, -0.05) is 66.7 Å². The van der Waals surface area contributed by atoms with Gasteiger partial charge in [0.05, 0.1) is 11.3 Å². The normalized spacial score (nSPS) is 15.0. The number of fused-ring (bicyclic) bond motifs is 1. The van der Waals surface area contributed by atoms with Crippen LogP contribution in [0.3, 0.4) is 0 Å². The van der Waals surface area contributed by atoms with Crippen LogP contribution in [0.15, 0.2) is 101 Å². The number of para-hydroxylation sites is 2. The van der Waals surface area contributed by atoms with Gasteiger partial charge in [0.2, 0.25) is 0 Å². The van der Waals surface area contributed by atoms with Crippen molar-refractivity contribution in [1.29, 1.82) is 0 Å². The summed E-state index contributed by atoms with van der Waals surface area (Å²) in [6.07, 6.45) is 0. The zero-order chi connectivity index (χ0) is 21.4. The molecule has 2 heterocycles. The molecule has 0 spiro atoms. The second kappa shape index (κ2) is 7.70. The number of rotatable bonds is 3. The SMILES string of the molecule is NC1=NC(c2ccccc2)c2c(n(-c3ccccc3)c(=S)n(-c3ccccc3)c2=O)N1. The van der Waals surface area contributed by atoms with E-state index in [4.69, 9.17) is 18.0 Å². The topological polar surface area (TPSA) is 77.3 Å². The molecule has 3 N–H and O–H groups in total. The molecular weight excluding hydrogens is 406 g/mol. The number of aliphatic imine (C=N–C) groups is 1. The van der Waals surface area contributed by atoms with Crippen molar-refractivity contribution in [3.8, 4) is 11.4 Å². The van der Waals surface area contributed by atoms with Crippen molar-refractivity contribution in [2.24, 2.45) is 10.7 Å². The van der Waals surface area contributed by atoms with Crippen molar-refractivity contribution in [3.63, 3.8) is 0 Å². The first-order valence-electron chi connectivity index (χ1n) is 9.83. The van der Waals surface area contributed by atoms with Gasteiger partial charge < -0.3 is 11.1 Å². The van der Waals surface area contributed by atoms with E-state index < -0.39 is 6.04 Å². The molecule has 3 aromatic carbocycles. The van der Waals surface area contributed by atoms with E-state index in [0.717, 1.165) is 11.3 Å². The molecule has 1 unspecified atom stereocenters. The number of nitrogens with zero attached hydrogens (tertiary/aromatic N) is 3. The molecule has 0 amide bonds. The number of nitrogens with one attached hydrogen (secondary N) is 1. The number of anilines is 1. The van der Waals surface area contributed by atoms with Crippen LogP contribution in [0.25, 0.3) is 11.4 Å². The van der Waals surface area contributed by atoms with Gasteiger partial charge in [0.25, 0.3) is 5.56 Å². The lowest BCUT2D eigenvalue weighted by Crippen LogP contribution is -2.37. The molecule has 1 aliphatic rings. The lowest BCUT2D eigenvalue weighted by atomic mass is 9.99. The molecule has 7 heteroatoms. The molecule has 1 aromatic heterocycles. The number of hydrogen-bond acceptors (Lipinski definition) is 5. The van der Waals surface area contributed by atoms with Gasteiger partial charge in [-0.05, 0) is 42.0 Å². The Hall–Kier alpha value is -3.97. The first-order valence-corrected chi connectivity index (χ1v) is 10.2. The molecule has 6 nitrogen and oxygen atoms in total. The summed E-state index contributed by atoms with van der Waals surface area (Å²) in [6.45, 7) is 0. The van der Waals surface area contributed by atoms with Crippen LogP contribution in [-0.4, -0.2) is 15.1 Å². The first kappa shape index (κ1) is 19.0. The minimum atomic E-state index is -0.550. The second-order valence-corrected chi connectivity index (χ2v) is 7.51. The molecule has 0 saturated carbocycles. The fourth-order valence-corrected chi connectivity index (χ4v) is 4.23. The molecule has 152 valence electrons. The lowest BCUT2D eigenvalue weighted by molar-refractivity contribution is 0.757. The third kappa shape index (κ3) is 3.25. The van der Waals surface area contributed by atoms with E-state index in [1.807, 2.05) is 95.6 Å². The standard InChI is InChI=1S/C24H19N5OS/c25-23-26-20(16-10-4-1-5-11-16)19-21(27-23)28(17-12-6-2-7-13-17)24(31)29(22(19)30)18-14-8-3-9-15-18/h1-15,20H,(H3,25,26,27). The van der Waals surface area contributed by atoms with Crippen molar-refractivity contribution >= 4 is 24.0 Å². The van der Waals surface area contributed by atoms with Crippen molar-refractivity contribution in [2.45, 2.75) is 6.04 Å². The fraction of sp³-hybridized carbons (Fsp3) is 0.0417. The predicted molar refractivity (Wildman–Crippen MR) is 126 cm³/mol. The van der Waals surface area contributed by atoms with Crippen molar-refractivity contribution < 1.29 is 0 Å². The summed E-state index contributed by atoms with van der Waals surface area (Å²) in [5.74, 6) is 0.770. The van der Waals surface area contributed by atoms with E-state index >= 15 is 0 Å². The van der Waals surface area contributed by atoms with E-state index in [9.17, 15) is 4.79 Å². The number of guanidine groups is 1. The van der Waals surface area contributed by atoms with E-state index in [0.29, 0.717) is 21.8 Å². The largest absolute Gasteiger partial charge is 0.370 e. The Bertz CT molecular complexity index is 1390. The molecule has 1 aliphatic heterocycles. The highest BCUT2D eigenvalue weighted by Crippen LogP contribution is 2.34. The van der Waals surface area contributed by atoms with Gasteiger partial charge in [-0.15, -0.1) is 0 Å². The molecule has 4 aromatic rings. The summed E-state index contributed by atoms with van der Waals surface area (Å²) < 4.78 is 3.74. The summed E-state index contributed by atoms with van der Waals surface area (Å²) in [6, 6.07) is 28.2.